The van der Waals surface area contributed by atoms with E-state index in [0.717, 1.165) is 19.5 Å². The summed E-state index contributed by atoms with van der Waals surface area (Å²) in [5.41, 5.74) is -0.734. The Morgan fingerprint density at radius 1 is 1.32 bits per heavy atom. The topological polar surface area (TPSA) is 41.1 Å². The zero-order chi connectivity index (χ0) is 13.1. The molecule has 19 heavy (non-hydrogen) atoms. The second kappa shape index (κ2) is 6.77. The highest BCUT2D eigenvalue weighted by Crippen LogP contribution is 2.15. The maximum atomic E-state index is 13.3. The van der Waals surface area contributed by atoms with Crippen LogP contribution in [0.1, 0.15) is 16.8 Å². The molecule has 1 aromatic rings. The van der Waals surface area contributed by atoms with Gasteiger partial charge >= 0.3 is 0 Å². The molecular weight excluding hydrogens is 281 g/mol. The van der Waals surface area contributed by atoms with E-state index in [1.54, 1.807) is 0 Å². The second-order valence-corrected chi connectivity index (χ2v) is 4.31. The predicted octanol–water partition coefficient (Wildman–Crippen LogP) is 1.87. The number of rotatable bonds is 3. The SMILES string of the molecule is Cl.O=C(NCC1CCNC1)c1c(F)cc(F)cc1F. The zero-order valence-corrected chi connectivity index (χ0v) is 10.8. The van der Waals surface area contributed by atoms with Gasteiger partial charge in [-0.05, 0) is 25.4 Å². The van der Waals surface area contributed by atoms with Gasteiger partial charge in [-0.1, -0.05) is 0 Å². The van der Waals surface area contributed by atoms with Crippen molar-refractivity contribution in [3.05, 3.63) is 35.1 Å². The van der Waals surface area contributed by atoms with Gasteiger partial charge in [-0.25, -0.2) is 13.2 Å². The number of carbonyl (C=O) groups excluding carboxylic acids is 1. The highest BCUT2D eigenvalue weighted by molar-refractivity contribution is 5.94. The summed E-state index contributed by atoms with van der Waals surface area (Å²) >= 11 is 0. The third-order valence-electron chi connectivity index (χ3n) is 2.95. The van der Waals surface area contributed by atoms with Gasteiger partial charge in [0, 0.05) is 18.7 Å². The van der Waals surface area contributed by atoms with Crippen LogP contribution in [0.4, 0.5) is 13.2 Å². The fraction of sp³-hybridized carbons (Fsp3) is 0.417. The van der Waals surface area contributed by atoms with Crippen molar-refractivity contribution in [2.24, 2.45) is 5.92 Å². The minimum absolute atomic E-state index is 0. The van der Waals surface area contributed by atoms with Crippen LogP contribution < -0.4 is 10.6 Å². The second-order valence-electron chi connectivity index (χ2n) is 4.31. The van der Waals surface area contributed by atoms with E-state index in [0.29, 0.717) is 18.7 Å². The van der Waals surface area contributed by atoms with Crippen LogP contribution in [0.15, 0.2) is 12.1 Å². The number of benzene rings is 1. The molecule has 0 bridgehead atoms. The number of halogens is 4. The van der Waals surface area contributed by atoms with Crippen LogP contribution in [0.2, 0.25) is 0 Å². The molecule has 2 N–H and O–H groups in total. The van der Waals surface area contributed by atoms with E-state index in [2.05, 4.69) is 10.6 Å². The van der Waals surface area contributed by atoms with Gasteiger partial charge in [0.2, 0.25) is 0 Å². The summed E-state index contributed by atoms with van der Waals surface area (Å²) < 4.78 is 39.3. The average Bonchev–Trinajstić information content (AvgIpc) is 2.77. The predicted molar refractivity (Wildman–Crippen MR) is 66.9 cm³/mol. The van der Waals surface area contributed by atoms with Crippen molar-refractivity contribution in [1.29, 1.82) is 0 Å². The van der Waals surface area contributed by atoms with Crippen molar-refractivity contribution < 1.29 is 18.0 Å². The van der Waals surface area contributed by atoms with Crippen LogP contribution in [0.25, 0.3) is 0 Å². The van der Waals surface area contributed by atoms with Crippen molar-refractivity contribution in [2.75, 3.05) is 19.6 Å². The monoisotopic (exact) mass is 294 g/mol. The van der Waals surface area contributed by atoms with E-state index in [4.69, 9.17) is 0 Å². The molecule has 1 saturated heterocycles. The first-order valence-electron chi connectivity index (χ1n) is 5.71. The summed E-state index contributed by atoms with van der Waals surface area (Å²) in [6.07, 6.45) is 0.911. The summed E-state index contributed by atoms with van der Waals surface area (Å²) in [6, 6.07) is 0.990. The molecule has 1 aliphatic heterocycles. The van der Waals surface area contributed by atoms with Crippen LogP contribution in [0.3, 0.4) is 0 Å². The smallest absolute Gasteiger partial charge is 0.257 e. The van der Waals surface area contributed by atoms with E-state index in [1.165, 1.54) is 0 Å². The van der Waals surface area contributed by atoms with E-state index in [9.17, 15) is 18.0 Å². The van der Waals surface area contributed by atoms with Crippen LogP contribution in [0, 0.1) is 23.4 Å². The molecule has 0 aliphatic carbocycles. The van der Waals surface area contributed by atoms with Crippen LogP contribution in [0.5, 0.6) is 0 Å². The van der Waals surface area contributed by atoms with Crippen LogP contribution in [-0.4, -0.2) is 25.5 Å². The number of hydrogen-bond donors (Lipinski definition) is 2. The Morgan fingerprint density at radius 2 is 1.95 bits per heavy atom. The normalized spacial score (nSPS) is 17.9. The first-order chi connectivity index (χ1) is 8.58. The Bertz CT molecular complexity index is 441. The highest BCUT2D eigenvalue weighted by atomic mass is 35.5. The van der Waals surface area contributed by atoms with E-state index < -0.39 is 28.9 Å². The van der Waals surface area contributed by atoms with E-state index >= 15 is 0 Å². The molecule has 0 saturated carbocycles. The molecule has 0 aromatic heterocycles. The lowest BCUT2D eigenvalue weighted by atomic mass is 10.1. The summed E-state index contributed by atoms with van der Waals surface area (Å²) in [5.74, 6) is -4.00. The summed E-state index contributed by atoms with van der Waals surface area (Å²) in [6.45, 7) is 2.00. The molecule has 0 radical (unpaired) electrons. The highest BCUT2D eigenvalue weighted by Gasteiger charge is 2.21. The third kappa shape index (κ3) is 3.84. The number of nitrogens with one attached hydrogen (secondary N) is 2. The average molecular weight is 295 g/mol. The molecule has 0 spiro atoms. The molecule has 1 atom stereocenters. The lowest BCUT2D eigenvalue weighted by Gasteiger charge is -2.11. The fourth-order valence-electron chi connectivity index (χ4n) is 1.97. The van der Waals surface area contributed by atoms with Gasteiger partial charge in [0.05, 0.1) is 0 Å². The standard InChI is InChI=1S/C12H13F3N2O.ClH/c13-8-3-9(14)11(10(15)4-8)12(18)17-6-7-1-2-16-5-7;/h3-4,7,16H,1-2,5-6H2,(H,17,18);1H. The van der Waals surface area contributed by atoms with E-state index in [-0.39, 0.29) is 18.3 Å². The Morgan fingerprint density at radius 3 is 2.47 bits per heavy atom. The molecule has 1 heterocycles. The van der Waals surface area contributed by atoms with E-state index in [1.807, 2.05) is 0 Å². The molecule has 2 rings (SSSR count). The molecule has 1 aromatic carbocycles. The Labute approximate surface area is 115 Å². The van der Waals surface area contributed by atoms with Crippen molar-refractivity contribution in [2.45, 2.75) is 6.42 Å². The first kappa shape index (κ1) is 15.8. The van der Waals surface area contributed by atoms with Crippen LogP contribution in [-0.2, 0) is 0 Å². The Hall–Kier alpha value is -1.27. The van der Waals surface area contributed by atoms with Gasteiger partial charge in [-0.2, -0.15) is 0 Å². The molecule has 1 unspecified atom stereocenters. The maximum absolute atomic E-state index is 13.3. The fourth-order valence-corrected chi connectivity index (χ4v) is 1.97. The molecule has 1 amide bonds. The molecular formula is C12H14ClF3N2O. The minimum atomic E-state index is -1.19. The molecule has 1 aliphatic rings. The zero-order valence-electron chi connectivity index (χ0n) is 10.0. The number of carbonyl (C=O) groups is 1. The van der Waals surface area contributed by atoms with Crippen molar-refractivity contribution >= 4 is 18.3 Å². The molecule has 7 heteroatoms. The van der Waals surface area contributed by atoms with Crippen molar-refractivity contribution in [3.8, 4) is 0 Å². The van der Waals surface area contributed by atoms with Gasteiger partial charge in [-0.3, -0.25) is 4.79 Å². The van der Waals surface area contributed by atoms with Gasteiger partial charge in [0.25, 0.3) is 5.91 Å². The molecule has 106 valence electrons. The largest absolute Gasteiger partial charge is 0.352 e. The maximum Gasteiger partial charge on any atom is 0.257 e. The van der Waals surface area contributed by atoms with Crippen molar-refractivity contribution in [3.63, 3.8) is 0 Å². The van der Waals surface area contributed by atoms with Gasteiger partial charge in [0.1, 0.15) is 23.0 Å². The molecule has 1 fully saturated rings. The number of amides is 1. The lowest BCUT2D eigenvalue weighted by molar-refractivity contribution is 0.0939. The quantitative estimate of drug-likeness (QED) is 0.893. The summed E-state index contributed by atoms with van der Waals surface area (Å²) in [4.78, 5) is 11.6. The molecule has 3 nitrogen and oxygen atoms in total. The van der Waals surface area contributed by atoms with Gasteiger partial charge < -0.3 is 10.6 Å². The summed E-state index contributed by atoms with van der Waals surface area (Å²) in [7, 11) is 0. The van der Waals surface area contributed by atoms with Crippen molar-refractivity contribution in [1.82, 2.24) is 10.6 Å². The number of hydrogen-bond acceptors (Lipinski definition) is 2. The van der Waals surface area contributed by atoms with Gasteiger partial charge in [0.15, 0.2) is 0 Å². The lowest BCUT2D eigenvalue weighted by Crippen LogP contribution is -2.31. The third-order valence-corrected chi connectivity index (χ3v) is 2.95. The van der Waals surface area contributed by atoms with Gasteiger partial charge in [-0.15, -0.1) is 12.4 Å². The minimum Gasteiger partial charge on any atom is -0.352 e. The Balaban J connectivity index is 0.00000180. The first-order valence-corrected chi connectivity index (χ1v) is 5.71. The van der Waals surface area contributed by atoms with Crippen LogP contribution >= 0.6 is 12.4 Å². The Kier molecular flexibility index (Phi) is 5.62. The summed E-state index contributed by atoms with van der Waals surface area (Å²) in [5, 5.41) is 5.58.